The highest BCUT2D eigenvalue weighted by Crippen LogP contribution is 2.17. The van der Waals surface area contributed by atoms with Crippen LogP contribution in [0.2, 0.25) is 0 Å². The van der Waals surface area contributed by atoms with Crippen molar-refractivity contribution in [2.75, 3.05) is 0 Å². The number of hydrogen-bond acceptors (Lipinski definition) is 6. The normalized spacial score (nSPS) is 11.9. The number of nitrogens with zero attached hydrogens (tertiary/aromatic N) is 4. The lowest BCUT2D eigenvalue weighted by atomic mass is 10.1. The second-order valence-electron chi connectivity index (χ2n) is 6.46. The number of hydrazine groups is 1. The van der Waals surface area contributed by atoms with Crippen LogP contribution in [-0.2, 0) is 16.0 Å². The van der Waals surface area contributed by atoms with Gasteiger partial charge in [-0.15, -0.1) is 0 Å². The number of halogens is 1. The molecule has 0 fully saturated rings. The van der Waals surface area contributed by atoms with Crippen LogP contribution < -0.4 is 15.6 Å². The summed E-state index contributed by atoms with van der Waals surface area (Å²) in [4.78, 5) is 32.6. The number of aromatic nitrogens is 4. The van der Waals surface area contributed by atoms with Crippen molar-refractivity contribution >= 4 is 17.6 Å². The highest BCUT2D eigenvalue weighted by atomic mass is 19.1. The molecular formula is C19H21FN6O3. The van der Waals surface area contributed by atoms with Gasteiger partial charge < -0.3 is 4.74 Å². The summed E-state index contributed by atoms with van der Waals surface area (Å²) in [6.45, 7) is 5.19. The number of hydrogen-bond donors (Lipinski definition) is 2. The maximum Gasteiger partial charge on any atom is 0.279 e. The third-order valence-corrected chi connectivity index (χ3v) is 4.43. The molecule has 0 aliphatic heterocycles. The minimum absolute atomic E-state index is 0.0385. The molecule has 2 N–H and O–H groups in total. The third-order valence-electron chi connectivity index (χ3n) is 4.43. The van der Waals surface area contributed by atoms with Crippen molar-refractivity contribution in [2.24, 2.45) is 0 Å². The summed E-state index contributed by atoms with van der Waals surface area (Å²) in [7, 11) is 0. The van der Waals surface area contributed by atoms with E-state index in [1.54, 1.807) is 10.6 Å². The van der Waals surface area contributed by atoms with E-state index in [1.165, 1.54) is 31.5 Å². The van der Waals surface area contributed by atoms with Crippen molar-refractivity contribution in [2.45, 2.75) is 39.7 Å². The number of aryl methyl sites for hydroxylation is 2. The molecule has 2 aromatic heterocycles. The molecule has 152 valence electrons. The fraction of sp³-hybridized carbons (Fsp3) is 0.316. The van der Waals surface area contributed by atoms with Crippen molar-refractivity contribution in [3.63, 3.8) is 0 Å². The number of fused-ring (bicyclic) bond motifs is 1. The van der Waals surface area contributed by atoms with Gasteiger partial charge in [-0.05, 0) is 44.9 Å². The Labute approximate surface area is 166 Å². The molecule has 0 radical (unpaired) electrons. The van der Waals surface area contributed by atoms with Crippen molar-refractivity contribution in [3.05, 3.63) is 53.4 Å². The van der Waals surface area contributed by atoms with Crippen LogP contribution >= 0.6 is 0 Å². The summed E-state index contributed by atoms with van der Waals surface area (Å²) in [5.41, 5.74) is 7.14. The Morgan fingerprint density at radius 3 is 2.76 bits per heavy atom. The number of benzene rings is 1. The lowest BCUT2D eigenvalue weighted by Crippen LogP contribution is -2.47. The molecule has 2 amide bonds. The highest BCUT2D eigenvalue weighted by molar-refractivity contribution is 5.84. The molecule has 9 nitrogen and oxygen atoms in total. The first kappa shape index (κ1) is 20.2. The molecule has 0 saturated heterocycles. The minimum Gasteiger partial charge on any atom is -0.478 e. The van der Waals surface area contributed by atoms with Crippen LogP contribution in [0.4, 0.5) is 4.39 Å². The molecule has 3 aromatic rings. The lowest BCUT2D eigenvalue weighted by molar-refractivity contribution is -0.132. The van der Waals surface area contributed by atoms with E-state index in [1.807, 2.05) is 13.8 Å². The van der Waals surface area contributed by atoms with Crippen molar-refractivity contribution in [1.82, 2.24) is 30.4 Å². The summed E-state index contributed by atoms with van der Waals surface area (Å²) >= 11 is 0. The van der Waals surface area contributed by atoms with Gasteiger partial charge in [0.1, 0.15) is 6.33 Å². The number of ether oxygens (including phenoxy) is 1. The Balaban J connectivity index is 1.51. The van der Waals surface area contributed by atoms with Gasteiger partial charge in [-0.1, -0.05) is 12.1 Å². The molecule has 0 bridgehead atoms. The number of carbonyl (C=O) groups excluding carboxylic acids is 2. The SMILES string of the molecule is Cc1nc2ncnn2c(C)c1CCC(=O)NNC(=O)[C@@H](C)Oc1ccccc1F. The minimum atomic E-state index is -0.990. The summed E-state index contributed by atoms with van der Waals surface area (Å²) in [6, 6.07) is 5.77. The lowest BCUT2D eigenvalue weighted by Gasteiger charge is -2.15. The Bertz CT molecular complexity index is 1050. The van der Waals surface area contributed by atoms with Gasteiger partial charge in [0.25, 0.3) is 11.7 Å². The van der Waals surface area contributed by atoms with Gasteiger partial charge in [0.2, 0.25) is 5.91 Å². The van der Waals surface area contributed by atoms with Crippen LogP contribution in [0.5, 0.6) is 5.75 Å². The number of rotatable bonds is 6. The van der Waals surface area contributed by atoms with E-state index in [4.69, 9.17) is 4.74 Å². The maximum atomic E-state index is 13.6. The molecule has 2 heterocycles. The van der Waals surface area contributed by atoms with Crippen LogP contribution in [0, 0.1) is 19.7 Å². The monoisotopic (exact) mass is 400 g/mol. The van der Waals surface area contributed by atoms with Gasteiger partial charge in [0.15, 0.2) is 17.7 Å². The zero-order chi connectivity index (χ0) is 21.0. The fourth-order valence-electron chi connectivity index (χ4n) is 2.84. The molecule has 0 saturated carbocycles. The van der Waals surface area contributed by atoms with Crippen LogP contribution in [-0.4, -0.2) is 37.5 Å². The number of para-hydroxylation sites is 1. The predicted octanol–water partition coefficient (Wildman–Crippen LogP) is 1.43. The molecule has 0 unspecified atom stereocenters. The molecule has 1 aromatic carbocycles. The Hall–Kier alpha value is -3.56. The maximum absolute atomic E-state index is 13.6. The summed E-state index contributed by atoms with van der Waals surface area (Å²) in [6.07, 6.45) is 0.983. The first-order valence-corrected chi connectivity index (χ1v) is 9.02. The Morgan fingerprint density at radius 1 is 1.24 bits per heavy atom. The molecule has 0 spiro atoms. The summed E-state index contributed by atoms with van der Waals surface area (Å²) < 4.78 is 20.5. The van der Waals surface area contributed by atoms with E-state index in [0.717, 1.165) is 17.0 Å². The van der Waals surface area contributed by atoms with Crippen molar-refractivity contribution in [1.29, 1.82) is 0 Å². The van der Waals surface area contributed by atoms with Crippen LogP contribution in [0.1, 0.15) is 30.3 Å². The second kappa shape index (κ2) is 8.63. The van der Waals surface area contributed by atoms with Gasteiger partial charge in [-0.2, -0.15) is 10.1 Å². The number of amides is 2. The molecule has 29 heavy (non-hydrogen) atoms. The average Bonchev–Trinajstić information content (AvgIpc) is 3.16. The van der Waals surface area contributed by atoms with E-state index in [0.29, 0.717) is 12.2 Å². The van der Waals surface area contributed by atoms with E-state index in [-0.39, 0.29) is 18.1 Å². The molecule has 3 rings (SSSR count). The van der Waals surface area contributed by atoms with E-state index < -0.39 is 17.8 Å². The summed E-state index contributed by atoms with van der Waals surface area (Å²) in [5.74, 6) is -1.08. The zero-order valence-electron chi connectivity index (χ0n) is 16.3. The number of carbonyl (C=O) groups is 2. The molecule has 0 aliphatic carbocycles. The van der Waals surface area contributed by atoms with Gasteiger partial charge in [-0.3, -0.25) is 20.4 Å². The topological polar surface area (TPSA) is 111 Å². The standard InChI is InChI=1S/C19H21FN6O3/c1-11-14(12(2)26-19(23-11)21-10-22-26)8-9-17(27)24-25-18(28)13(3)29-16-7-5-4-6-15(16)20/h4-7,10,13H,8-9H2,1-3H3,(H,24,27)(H,25,28)/t13-/m1/s1. The third kappa shape index (κ3) is 4.65. The Kier molecular flexibility index (Phi) is 6.01. The highest BCUT2D eigenvalue weighted by Gasteiger charge is 2.17. The predicted molar refractivity (Wildman–Crippen MR) is 101 cm³/mol. The first-order valence-electron chi connectivity index (χ1n) is 9.02. The number of nitrogens with one attached hydrogen (secondary N) is 2. The second-order valence-corrected chi connectivity index (χ2v) is 6.46. The quantitative estimate of drug-likeness (QED) is 0.606. The fourth-order valence-corrected chi connectivity index (χ4v) is 2.84. The largest absolute Gasteiger partial charge is 0.478 e. The van der Waals surface area contributed by atoms with Crippen molar-refractivity contribution < 1.29 is 18.7 Å². The van der Waals surface area contributed by atoms with Crippen LogP contribution in [0.25, 0.3) is 5.78 Å². The molecule has 10 heteroatoms. The van der Waals surface area contributed by atoms with Crippen LogP contribution in [0.15, 0.2) is 30.6 Å². The Morgan fingerprint density at radius 2 is 2.00 bits per heavy atom. The van der Waals surface area contributed by atoms with E-state index >= 15 is 0 Å². The summed E-state index contributed by atoms with van der Waals surface area (Å²) in [5, 5.41) is 4.11. The molecular weight excluding hydrogens is 379 g/mol. The smallest absolute Gasteiger partial charge is 0.279 e. The van der Waals surface area contributed by atoms with Gasteiger partial charge in [0, 0.05) is 17.8 Å². The van der Waals surface area contributed by atoms with Crippen LogP contribution in [0.3, 0.4) is 0 Å². The average molecular weight is 400 g/mol. The zero-order valence-corrected chi connectivity index (χ0v) is 16.3. The molecule has 0 aliphatic rings. The first-order chi connectivity index (χ1) is 13.9. The van der Waals surface area contributed by atoms with Gasteiger partial charge in [0.05, 0.1) is 0 Å². The van der Waals surface area contributed by atoms with Gasteiger partial charge in [-0.25, -0.2) is 13.9 Å². The molecule has 1 atom stereocenters. The van der Waals surface area contributed by atoms with Gasteiger partial charge >= 0.3 is 0 Å². The van der Waals surface area contributed by atoms with E-state index in [2.05, 4.69) is 25.9 Å². The van der Waals surface area contributed by atoms with E-state index in [9.17, 15) is 14.0 Å². The van der Waals surface area contributed by atoms with Crippen molar-refractivity contribution in [3.8, 4) is 5.75 Å².